The number of hydrogen-bond donors (Lipinski definition) is 0. The standard InChI is InChI=1S/C19H26O4/c1-13(2)18(19(21)22-14(3)4)15(5)23-17(20)12-11-16-9-7-6-8-10-16/h6-15,18H,1-5H3/b12-11+. The Morgan fingerprint density at radius 2 is 1.57 bits per heavy atom. The molecule has 0 saturated heterocycles. The third-order valence-electron chi connectivity index (χ3n) is 3.36. The van der Waals surface area contributed by atoms with Crippen LogP contribution in [0.2, 0.25) is 0 Å². The largest absolute Gasteiger partial charge is 0.463 e. The fourth-order valence-corrected chi connectivity index (χ4v) is 2.34. The minimum Gasteiger partial charge on any atom is -0.463 e. The Kier molecular flexibility index (Phi) is 7.52. The molecule has 0 saturated carbocycles. The van der Waals surface area contributed by atoms with Gasteiger partial charge in [-0.05, 0) is 38.3 Å². The zero-order valence-electron chi connectivity index (χ0n) is 14.5. The summed E-state index contributed by atoms with van der Waals surface area (Å²) in [6, 6.07) is 9.48. The van der Waals surface area contributed by atoms with E-state index >= 15 is 0 Å². The van der Waals surface area contributed by atoms with E-state index in [1.807, 2.05) is 44.2 Å². The summed E-state index contributed by atoms with van der Waals surface area (Å²) in [7, 11) is 0. The van der Waals surface area contributed by atoms with E-state index in [2.05, 4.69) is 0 Å². The van der Waals surface area contributed by atoms with Gasteiger partial charge in [-0.3, -0.25) is 4.79 Å². The molecule has 0 aliphatic heterocycles. The molecule has 23 heavy (non-hydrogen) atoms. The molecule has 2 unspecified atom stereocenters. The van der Waals surface area contributed by atoms with Crippen LogP contribution in [0.5, 0.6) is 0 Å². The topological polar surface area (TPSA) is 52.6 Å². The molecular formula is C19H26O4. The first-order valence-corrected chi connectivity index (χ1v) is 7.95. The van der Waals surface area contributed by atoms with Crippen LogP contribution in [0.3, 0.4) is 0 Å². The van der Waals surface area contributed by atoms with Gasteiger partial charge in [0.15, 0.2) is 0 Å². The van der Waals surface area contributed by atoms with E-state index in [-0.39, 0.29) is 18.0 Å². The highest BCUT2D eigenvalue weighted by molar-refractivity contribution is 5.87. The van der Waals surface area contributed by atoms with E-state index in [1.165, 1.54) is 6.08 Å². The molecular weight excluding hydrogens is 292 g/mol. The van der Waals surface area contributed by atoms with Gasteiger partial charge in [-0.2, -0.15) is 0 Å². The van der Waals surface area contributed by atoms with Crippen molar-refractivity contribution in [3.63, 3.8) is 0 Å². The van der Waals surface area contributed by atoms with Gasteiger partial charge in [0.1, 0.15) is 6.10 Å². The van der Waals surface area contributed by atoms with Gasteiger partial charge in [-0.1, -0.05) is 44.2 Å². The van der Waals surface area contributed by atoms with Crippen LogP contribution >= 0.6 is 0 Å². The van der Waals surface area contributed by atoms with E-state index in [4.69, 9.17) is 9.47 Å². The Hall–Kier alpha value is -2.10. The molecule has 2 atom stereocenters. The van der Waals surface area contributed by atoms with Gasteiger partial charge >= 0.3 is 11.9 Å². The molecule has 0 aliphatic carbocycles. The average Bonchev–Trinajstić information content (AvgIpc) is 2.45. The second-order valence-corrected chi connectivity index (χ2v) is 6.14. The number of benzene rings is 1. The summed E-state index contributed by atoms with van der Waals surface area (Å²) in [6.07, 6.45) is 2.32. The average molecular weight is 318 g/mol. The highest BCUT2D eigenvalue weighted by Crippen LogP contribution is 2.21. The number of carbonyl (C=O) groups excluding carboxylic acids is 2. The Labute approximate surface area is 138 Å². The van der Waals surface area contributed by atoms with Crippen LogP contribution in [0, 0.1) is 11.8 Å². The van der Waals surface area contributed by atoms with Crippen LogP contribution in [-0.4, -0.2) is 24.1 Å². The van der Waals surface area contributed by atoms with Crippen molar-refractivity contribution in [1.82, 2.24) is 0 Å². The molecule has 4 heteroatoms. The Balaban J connectivity index is 2.67. The van der Waals surface area contributed by atoms with Crippen molar-refractivity contribution in [2.45, 2.75) is 46.8 Å². The number of hydrogen-bond acceptors (Lipinski definition) is 4. The minimum absolute atomic E-state index is 0.0159. The summed E-state index contributed by atoms with van der Waals surface area (Å²) in [5, 5.41) is 0. The SMILES string of the molecule is CC(C)OC(=O)C(C(C)C)C(C)OC(=O)/C=C/c1ccccc1. The minimum atomic E-state index is -0.547. The fraction of sp³-hybridized carbons (Fsp3) is 0.474. The summed E-state index contributed by atoms with van der Waals surface area (Å²) in [5.74, 6) is -1.26. The van der Waals surface area contributed by atoms with Gasteiger partial charge in [0.2, 0.25) is 0 Å². The zero-order chi connectivity index (χ0) is 17.4. The van der Waals surface area contributed by atoms with E-state index < -0.39 is 18.0 Å². The molecule has 126 valence electrons. The van der Waals surface area contributed by atoms with Crippen LogP contribution < -0.4 is 0 Å². The first kappa shape index (κ1) is 18.9. The van der Waals surface area contributed by atoms with E-state index in [0.29, 0.717) is 0 Å². The molecule has 0 heterocycles. The second kappa shape index (κ2) is 9.13. The van der Waals surface area contributed by atoms with Gasteiger partial charge in [0, 0.05) is 6.08 Å². The predicted octanol–water partition coefficient (Wildman–Crippen LogP) is 3.86. The van der Waals surface area contributed by atoms with Crippen molar-refractivity contribution < 1.29 is 19.1 Å². The molecule has 0 aromatic heterocycles. The number of rotatable bonds is 7. The van der Waals surface area contributed by atoms with E-state index in [0.717, 1.165) is 5.56 Å². The normalized spacial score (nSPS) is 14.0. The molecule has 0 fully saturated rings. The van der Waals surface area contributed by atoms with Crippen molar-refractivity contribution in [1.29, 1.82) is 0 Å². The van der Waals surface area contributed by atoms with Crippen molar-refractivity contribution in [3.05, 3.63) is 42.0 Å². The van der Waals surface area contributed by atoms with E-state index in [1.54, 1.807) is 26.8 Å². The zero-order valence-corrected chi connectivity index (χ0v) is 14.5. The van der Waals surface area contributed by atoms with Crippen LogP contribution in [-0.2, 0) is 19.1 Å². The summed E-state index contributed by atoms with van der Waals surface area (Å²) >= 11 is 0. The van der Waals surface area contributed by atoms with Gasteiger partial charge in [0.05, 0.1) is 12.0 Å². The monoisotopic (exact) mass is 318 g/mol. The van der Waals surface area contributed by atoms with Crippen molar-refractivity contribution in [2.75, 3.05) is 0 Å². The summed E-state index contributed by atoms with van der Waals surface area (Å²) < 4.78 is 10.6. The van der Waals surface area contributed by atoms with Gasteiger partial charge in [-0.25, -0.2) is 4.79 Å². The smallest absolute Gasteiger partial charge is 0.331 e. The Morgan fingerprint density at radius 1 is 0.957 bits per heavy atom. The third-order valence-corrected chi connectivity index (χ3v) is 3.36. The maximum Gasteiger partial charge on any atom is 0.331 e. The highest BCUT2D eigenvalue weighted by Gasteiger charge is 2.32. The highest BCUT2D eigenvalue weighted by atomic mass is 16.6. The Bertz CT molecular complexity index is 532. The molecule has 1 rings (SSSR count). The lowest BCUT2D eigenvalue weighted by atomic mass is 9.91. The molecule has 1 aromatic carbocycles. The first-order chi connectivity index (χ1) is 10.8. The van der Waals surface area contributed by atoms with Gasteiger partial charge in [-0.15, -0.1) is 0 Å². The van der Waals surface area contributed by atoms with Crippen LogP contribution in [0.15, 0.2) is 36.4 Å². The summed E-state index contributed by atoms with van der Waals surface area (Å²) in [4.78, 5) is 24.1. The lowest BCUT2D eigenvalue weighted by Gasteiger charge is -2.26. The number of esters is 2. The number of ether oxygens (including phenoxy) is 2. The second-order valence-electron chi connectivity index (χ2n) is 6.14. The Morgan fingerprint density at radius 3 is 2.09 bits per heavy atom. The summed E-state index contributed by atoms with van der Waals surface area (Å²) in [6.45, 7) is 9.15. The quantitative estimate of drug-likeness (QED) is 0.566. The lowest BCUT2D eigenvalue weighted by molar-refractivity contribution is -0.163. The van der Waals surface area contributed by atoms with Crippen LogP contribution in [0.25, 0.3) is 6.08 Å². The molecule has 0 radical (unpaired) electrons. The van der Waals surface area contributed by atoms with Gasteiger partial charge < -0.3 is 9.47 Å². The molecule has 1 aromatic rings. The molecule has 0 N–H and O–H groups in total. The molecule has 0 spiro atoms. The fourth-order valence-electron chi connectivity index (χ4n) is 2.34. The van der Waals surface area contributed by atoms with Crippen LogP contribution in [0.1, 0.15) is 40.2 Å². The maximum atomic E-state index is 12.2. The van der Waals surface area contributed by atoms with Crippen molar-refractivity contribution >= 4 is 18.0 Å². The predicted molar refractivity (Wildman–Crippen MR) is 90.6 cm³/mol. The molecule has 4 nitrogen and oxygen atoms in total. The molecule has 0 amide bonds. The number of carbonyl (C=O) groups is 2. The van der Waals surface area contributed by atoms with E-state index in [9.17, 15) is 9.59 Å². The van der Waals surface area contributed by atoms with Crippen molar-refractivity contribution in [2.24, 2.45) is 11.8 Å². The van der Waals surface area contributed by atoms with Crippen molar-refractivity contribution in [3.8, 4) is 0 Å². The van der Waals surface area contributed by atoms with Gasteiger partial charge in [0.25, 0.3) is 0 Å². The molecule has 0 aliphatic rings. The molecule has 0 bridgehead atoms. The third kappa shape index (κ3) is 6.68. The summed E-state index contributed by atoms with van der Waals surface area (Å²) in [5.41, 5.74) is 0.914. The lowest BCUT2D eigenvalue weighted by Crippen LogP contribution is -2.36. The first-order valence-electron chi connectivity index (χ1n) is 7.95. The van der Waals surface area contributed by atoms with Crippen LogP contribution in [0.4, 0.5) is 0 Å². The maximum absolute atomic E-state index is 12.2.